The van der Waals surface area contributed by atoms with E-state index >= 15 is 0 Å². The first-order chi connectivity index (χ1) is 11.2. The predicted molar refractivity (Wildman–Crippen MR) is 97.3 cm³/mol. The van der Waals surface area contributed by atoms with E-state index in [0.29, 0.717) is 0 Å². The fourth-order valence-corrected chi connectivity index (χ4v) is 2.22. The quantitative estimate of drug-likeness (QED) is 0.454. The molecule has 0 bridgehead atoms. The van der Waals surface area contributed by atoms with Crippen LogP contribution in [0.1, 0.15) is 12.8 Å². The molecule has 0 radical (unpaired) electrons. The van der Waals surface area contributed by atoms with Crippen LogP contribution < -0.4 is 5.32 Å². The zero-order valence-corrected chi connectivity index (χ0v) is 15.3. The third-order valence-corrected chi connectivity index (χ3v) is 3.29. The summed E-state index contributed by atoms with van der Waals surface area (Å²) in [5.74, 6) is 0. The van der Waals surface area contributed by atoms with E-state index in [1.807, 2.05) is 30.5 Å². The van der Waals surface area contributed by atoms with Crippen LogP contribution in [0.15, 0.2) is 30.5 Å². The minimum Gasteiger partial charge on any atom is -0.384 e. The first-order valence-electron chi connectivity index (χ1n) is 7.38. The maximum absolute atomic E-state index is 8.88. The van der Waals surface area contributed by atoms with Crippen molar-refractivity contribution in [1.82, 2.24) is 9.88 Å². The standard InChI is InChI=1S/C15H20ClN3.H3O4P/c1-19(2)10-4-3-8-17-14-7-9-18-15-11-12(16)5-6-13(14)15;1-5(2,3)4/h5-7,9,11H,3-4,8,10H2,1-2H3,(H,17,18);(H3,1,2,3,4). The van der Waals surface area contributed by atoms with Gasteiger partial charge in [-0.05, 0) is 57.7 Å². The number of aromatic nitrogens is 1. The van der Waals surface area contributed by atoms with Crippen molar-refractivity contribution in [1.29, 1.82) is 0 Å². The minimum absolute atomic E-state index is 0.725. The number of nitrogens with zero attached hydrogens (tertiary/aromatic N) is 2. The van der Waals surface area contributed by atoms with E-state index in [1.54, 1.807) is 0 Å². The normalized spacial score (nSPS) is 11.3. The molecule has 1 aromatic carbocycles. The van der Waals surface area contributed by atoms with Gasteiger partial charge in [0.1, 0.15) is 0 Å². The Labute approximate surface area is 146 Å². The number of anilines is 1. The topological polar surface area (TPSA) is 106 Å². The molecule has 0 amide bonds. The average Bonchev–Trinajstić information content (AvgIpc) is 2.44. The van der Waals surface area contributed by atoms with Crippen LogP contribution in [0.4, 0.5) is 5.69 Å². The van der Waals surface area contributed by atoms with Crippen molar-refractivity contribution in [3.63, 3.8) is 0 Å². The van der Waals surface area contributed by atoms with Crippen LogP contribution >= 0.6 is 19.4 Å². The molecule has 0 fully saturated rings. The van der Waals surface area contributed by atoms with Gasteiger partial charge in [0.2, 0.25) is 0 Å². The molecule has 1 heterocycles. The molecule has 24 heavy (non-hydrogen) atoms. The van der Waals surface area contributed by atoms with Gasteiger partial charge in [-0.15, -0.1) is 0 Å². The molecular formula is C15H23ClN3O4P. The Bertz CT molecular complexity index is 685. The Morgan fingerprint density at radius 3 is 2.50 bits per heavy atom. The third kappa shape index (κ3) is 9.17. The van der Waals surface area contributed by atoms with Gasteiger partial charge in [0.25, 0.3) is 0 Å². The molecule has 0 aliphatic rings. The van der Waals surface area contributed by atoms with E-state index in [9.17, 15) is 0 Å². The summed E-state index contributed by atoms with van der Waals surface area (Å²) in [4.78, 5) is 28.1. The van der Waals surface area contributed by atoms with Crippen molar-refractivity contribution < 1.29 is 19.2 Å². The van der Waals surface area contributed by atoms with Crippen LogP contribution in [0.2, 0.25) is 5.02 Å². The number of halogens is 1. The zero-order valence-electron chi connectivity index (χ0n) is 13.7. The molecule has 0 saturated carbocycles. The van der Waals surface area contributed by atoms with Gasteiger partial charge in [-0.2, -0.15) is 0 Å². The maximum Gasteiger partial charge on any atom is 0.466 e. The summed E-state index contributed by atoms with van der Waals surface area (Å²) >= 11 is 5.98. The summed E-state index contributed by atoms with van der Waals surface area (Å²) in [5.41, 5.74) is 2.07. The van der Waals surface area contributed by atoms with Crippen molar-refractivity contribution in [2.24, 2.45) is 0 Å². The molecule has 0 aliphatic heterocycles. The number of fused-ring (bicyclic) bond motifs is 1. The van der Waals surface area contributed by atoms with Crippen LogP contribution in [0.3, 0.4) is 0 Å². The molecule has 0 saturated heterocycles. The molecule has 1 aromatic heterocycles. The van der Waals surface area contributed by atoms with Crippen LogP contribution in [-0.2, 0) is 4.57 Å². The molecule has 0 spiro atoms. The summed E-state index contributed by atoms with van der Waals surface area (Å²) in [5, 5.41) is 5.33. The Morgan fingerprint density at radius 2 is 1.88 bits per heavy atom. The summed E-state index contributed by atoms with van der Waals surface area (Å²) in [6.45, 7) is 2.12. The second-order valence-corrected chi connectivity index (χ2v) is 6.93. The van der Waals surface area contributed by atoms with Gasteiger partial charge in [0.05, 0.1) is 5.52 Å². The van der Waals surface area contributed by atoms with Crippen molar-refractivity contribution in [2.75, 3.05) is 32.5 Å². The van der Waals surface area contributed by atoms with Gasteiger partial charge in [0, 0.05) is 28.8 Å². The Morgan fingerprint density at radius 1 is 1.21 bits per heavy atom. The second-order valence-electron chi connectivity index (χ2n) is 5.47. The lowest BCUT2D eigenvalue weighted by molar-refractivity contribution is 0.275. The maximum atomic E-state index is 8.88. The number of hydrogen-bond acceptors (Lipinski definition) is 4. The van der Waals surface area contributed by atoms with E-state index in [2.05, 4.69) is 29.3 Å². The zero-order chi connectivity index (χ0) is 18.2. The summed E-state index contributed by atoms with van der Waals surface area (Å²) < 4.78 is 8.88. The van der Waals surface area contributed by atoms with Gasteiger partial charge in [-0.25, -0.2) is 4.57 Å². The highest BCUT2D eigenvalue weighted by molar-refractivity contribution is 7.45. The highest BCUT2D eigenvalue weighted by atomic mass is 35.5. The summed E-state index contributed by atoms with van der Waals surface area (Å²) in [7, 11) is -0.429. The molecule has 2 rings (SSSR count). The fourth-order valence-electron chi connectivity index (χ4n) is 2.05. The van der Waals surface area contributed by atoms with E-state index in [1.165, 1.54) is 6.42 Å². The summed E-state index contributed by atoms with van der Waals surface area (Å²) in [6, 6.07) is 7.84. The predicted octanol–water partition coefficient (Wildman–Crippen LogP) is 2.71. The number of unbranched alkanes of at least 4 members (excludes halogenated alkanes) is 1. The van der Waals surface area contributed by atoms with Gasteiger partial charge in [-0.1, -0.05) is 11.6 Å². The van der Waals surface area contributed by atoms with Gasteiger partial charge < -0.3 is 24.9 Å². The number of rotatable bonds is 6. The first-order valence-corrected chi connectivity index (χ1v) is 9.32. The number of phosphoric acid groups is 1. The molecule has 7 nitrogen and oxygen atoms in total. The van der Waals surface area contributed by atoms with E-state index in [4.69, 9.17) is 30.8 Å². The highest BCUT2D eigenvalue weighted by Crippen LogP contribution is 2.26. The number of pyridine rings is 1. The molecule has 0 atom stereocenters. The van der Waals surface area contributed by atoms with Gasteiger partial charge in [-0.3, -0.25) is 4.98 Å². The van der Waals surface area contributed by atoms with Crippen molar-refractivity contribution >= 4 is 36.0 Å². The van der Waals surface area contributed by atoms with Crippen LogP contribution in [0.5, 0.6) is 0 Å². The average molecular weight is 376 g/mol. The summed E-state index contributed by atoms with van der Waals surface area (Å²) in [6.07, 6.45) is 4.19. The highest BCUT2D eigenvalue weighted by Gasteiger charge is 2.02. The van der Waals surface area contributed by atoms with Crippen molar-refractivity contribution in [3.8, 4) is 0 Å². The Hall–Kier alpha value is -1.21. The number of hydrogen-bond donors (Lipinski definition) is 4. The molecule has 2 aromatic rings. The number of nitrogens with one attached hydrogen (secondary N) is 1. The Kier molecular flexibility index (Phi) is 8.62. The molecule has 0 unspecified atom stereocenters. The molecular weight excluding hydrogens is 353 g/mol. The lowest BCUT2D eigenvalue weighted by Gasteiger charge is -2.11. The van der Waals surface area contributed by atoms with E-state index in [0.717, 1.165) is 41.1 Å². The van der Waals surface area contributed by atoms with Crippen molar-refractivity contribution in [2.45, 2.75) is 12.8 Å². The lowest BCUT2D eigenvalue weighted by atomic mass is 10.2. The van der Waals surface area contributed by atoms with Crippen LogP contribution in [0.25, 0.3) is 10.9 Å². The smallest absolute Gasteiger partial charge is 0.384 e. The molecule has 0 aliphatic carbocycles. The molecule has 4 N–H and O–H groups in total. The van der Waals surface area contributed by atoms with Crippen molar-refractivity contribution in [3.05, 3.63) is 35.5 Å². The van der Waals surface area contributed by atoms with Gasteiger partial charge >= 0.3 is 7.82 Å². The Balaban J connectivity index is 0.000000505. The molecule has 9 heteroatoms. The SMILES string of the molecule is CN(C)CCCCNc1ccnc2cc(Cl)ccc12.O=P(O)(O)O. The van der Waals surface area contributed by atoms with Gasteiger partial charge in [0.15, 0.2) is 0 Å². The largest absolute Gasteiger partial charge is 0.466 e. The van der Waals surface area contributed by atoms with Crippen LogP contribution in [-0.4, -0.2) is 51.7 Å². The second kappa shape index (κ2) is 9.93. The van der Waals surface area contributed by atoms with Crippen LogP contribution in [0, 0.1) is 0 Å². The number of benzene rings is 1. The first kappa shape index (κ1) is 20.8. The fraction of sp³-hybridized carbons (Fsp3) is 0.400. The third-order valence-electron chi connectivity index (χ3n) is 3.05. The minimum atomic E-state index is -4.64. The molecule has 134 valence electrons. The van der Waals surface area contributed by atoms with E-state index in [-0.39, 0.29) is 0 Å². The lowest BCUT2D eigenvalue weighted by Crippen LogP contribution is -2.14. The van der Waals surface area contributed by atoms with E-state index < -0.39 is 7.82 Å². The monoisotopic (exact) mass is 375 g/mol.